The topological polar surface area (TPSA) is 67.4 Å². The Hall–Kier alpha value is -0.170. The second-order valence-corrected chi connectivity index (χ2v) is 5.60. The molecule has 0 amide bonds. The van der Waals surface area contributed by atoms with Gasteiger partial charge in [0.05, 0.1) is 5.60 Å². The average molecular weight is 208 g/mol. The van der Waals surface area contributed by atoms with Crippen LogP contribution >= 0.6 is 0 Å². The first-order valence-electron chi connectivity index (χ1n) is 4.26. The SMILES string of the molecule is CC(C)(C)ONS(=O)(=O)NC1CC1. The largest absolute Gasteiger partial charge is 0.299 e. The summed E-state index contributed by atoms with van der Waals surface area (Å²) in [4.78, 5) is 6.95. The molecular formula is C7H16N2O3S. The summed E-state index contributed by atoms with van der Waals surface area (Å²) < 4.78 is 24.8. The lowest BCUT2D eigenvalue weighted by molar-refractivity contribution is -0.0363. The van der Waals surface area contributed by atoms with Crippen LogP contribution in [0.3, 0.4) is 0 Å². The predicted octanol–water partition coefficient (Wildman–Crippen LogP) is 0.303. The van der Waals surface area contributed by atoms with Gasteiger partial charge in [0.25, 0.3) is 10.2 Å². The highest BCUT2D eigenvalue weighted by molar-refractivity contribution is 7.87. The molecule has 0 bridgehead atoms. The minimum atomic E-state index is -3.47. The fourth-order valence-electron chi connectivity index (χ4n) is 0.625. The molecule has 1 rings (SSSR count). The van der Waals surface area contributed by atoms with Crippen molar-refractivity contribution in [2.24, 2.45) is 0 Å². The van der Waals surface area contributed by atoms with E-state index in [1.165, 1.54) is 0 Å². The van der Waals surface area contributed by atoms with Crippen LogP contribution in [0.15, 0.2) is 0 Å². The van der Waals surface area contributed by atoms with Crippen LogP contribution in [0, 0.1) is 0 Å². The number of rotatable bonds is 4. The monoisotopic (exact) mass is 208 g/mol. The van der Waals surface area contributed by atoms with Crippen molar-refractivity contribution in [3.63, 3.8) is 0 Å². The Kier molecular flexibility index (Phi) is 2.96. The highest BCUT2D eigenvalue weighted by Gasteiger charge is 2.27. The van der Waals surface area contributed by atoms with Crippen molar-refractivity contribution < 1.29 is 13.3 Å². The summed E-state index contributed by atoms with van der Waals surface area (Å²) >= 11 is 0. The quantitative estimate of drug-likeness (QED) is 0.653. The van der Waals surface area contributed by atoms with E-state index in [1.807, 2.05) is 4.89 Å². The van der Waals surface area contributed by atoms with E-state index >= 15 is 0 Å². The maximum Gasteiger partial charge on any atom is 0.299 e. The zero-order chi connectivity index (χ0) is 10.1. The van der Waals surface area contributed by atoms with E-state index in [1.54, 1.807) is 20.8 Å². The normalized spacial score (nSPS) is 19.0. The molecule has 1 aliphatic rings. The van der Waals surface area contributed by atoms with Crippen molar-refractivity contribution in [3.05, 3.63) is 0 Å². The van der Waals surface area contributed by atoms with Gasteiger partial charge in [-0.15, -0.1) is 0 Å². The molecule has 0 saturated heterocycles. The molecule has 5 nitrogen and oxygen atoms in total. The van der Waals surface area contributed by atoms with Crippen LogP contribution in [-0.2, 0) is 15.0 Å². The second kappa shape index (κ2) is 3.53. The van der Waals surface area contributed by atoms with Gasteiger partial charge in [-0.05, 0) is 33.6 Å². The van der Waals surface area contributed by atoms with Crippen LogP contribution in [0.4, 0.5) is 0 Å². The van der Waals surface area contributed by atoms with E-state index in [-0.39, 0.29) is 6.04 Å². The Morgan fingerprint density at radius 3 is 2.23 bits per heavy atom. The zero-order valence-electron chi connectivity index (χ0n) is 8.12. The molecule has 0 unspecified atom stereocenters. The lowest BCUT2D eigenvalue weighted by Gasteiger charge is -2.19. The molecule has 1 aliphatic carbocycles. The Labute approximate surface area is 79.0 Å². The van der Waals surface area contributed by atoms with Gasteiger partial charge in [0.15, 0.2) is 0 Å². The fraction of sp³-hybridized carbons (Fsp3) is 1.00. The third-order valence-corrected chi connectivity index (χ3v) is 2.30. The van der Waals surface area contributed by atoms with Gasteiger partial charge in [-0.25, -0.2) is 0 Å². The third-order valence-electron chi connectivity index (χ3n) is 1.36. The van der Waals surface area contributed by atoms with Gasteiger partial charge < -0.3 is 0 Å². The standard InChI is InChI=1S/C7H16N2O3S/c1-7(2,3)12-9-13(10,11)8-6-4-5-6/h6,8-9H,4-5H2,1-3H3. The molecule has 0 aromatic carbocycles. The first-order chi connectivity index (χ1) is 5.79. The Morgan fingerprint density at radius 2 is 1.85 bits per heavy atom. The molecule has 0 radical (unpaired) electrons. The van der Waals surface area contributed by atoms with E-state index in [4.69, 9.17) is 4.84 Å². The summed E-state index contributed by atoms with van der Waals surface area (Å²) in [7, 11) is -3.47. The average Bonchev–Trinajstić information content (AvgIpc) is 2.66. The van der Waals surface area contributed by atoms with Gasteiger partial charge in [-0.2, -0.15) is 13.1 Å². The minimum Gasteiger partial charge on any atom is -0.280 e. The summed E-state index contributed by atoms with van der Waals surface area (Å²) in [6.07, 6.45) is 1.83. The van der Waals surface area contributed by atoms with E-state index in [0.717, 1.165) is 12.8 Å². The Balaban J connectivity index is 2.33. The van der Waals surface area contributed by atoms with Crippen LogP contribution in [0.2, 0.25) is 0 Å². The first-order valence-corrected chi connectivity index (χ1v) is 5.74. The highest BCUT2D eigenvalue weighted by atomic mass is 32.2. The van der Waals surface area contributed by atoms with Crippen LogP contribution in [0.25, 0.3) is 0 Å². The highest BCUT2D eigenvalue weighted by Crippen LogP contribution is 2.19. The van der Waals surface area contributed by atoms with Crippen molar-refractivity contribution in [2.75, 3.05) is 0 Å². The van der Waals surface area contributed by atoms with Crippen molar-refractivity contribution in [2.45, 2.75) is 45.3 Å². The van der Waals surface area contributed by atoms with Crippen molar-refractivity contribution in [3.8, 4) is 0 Å². The summed E-state index contributed by atoms with van der Waals surface area (Å²) in [5.41, 5.74) is -0.516. The van der Waals surface area contributed by atoms with Crippen molar-refractivity contribution >= 4 is 10.2 Å². The number of nitrogens with one attached hydrogen (secondary N) is 2. The van der Waals surface area contributed by atoms with E-state index in [9.17, 15) is 8.42 Å². The molecule has 1 fully saturated rings. The number of hydrogen-bond acceptors (Lipinski definition) is 3. The second-order valence-electron chi connectivity index (χ2n) is 4.19. The van der Waals surface area contributed by atoms with Gasteiger partial charge in [-0.3, -0.25) is 4.84 Å². The molecular weight excluding hydrogens is 192 g/mol. The van der Waals surface area contributed by atoms with Crippen LogP contribution in [0.5, 0.6) is 0 Å². The summed E-state index contributed by atoms with van der Waals surface area (Å²) in [6, 6.07) is 0.0982. The summed E-state index contributed by atoms with van der Waals surface area (Å²) in [5.74, 6) is 0. The van der Waals surface area contributed by atoms with Gasteiger partial charge >= 0.3 is 0 Å². The third kappa shape index (κ3) is 5.20. The van der Waals surface area contributed by atoms with Gasteiger partial charge in [-0.1, -0.05) is 4.89 Å². The maximum atomic E-state index is 11.2. The van der Waals surface area contributed by atoms with Gasteiger partial charge in [0.2, 0.25) is 0 Å². The molecule has 0 spiro atoms. The number of hydrogen-bond donors (Lipinski definition) is 2. The summed E-state index contributed by atoms with van der Waals surface area (Å²) in [5, 5.41) is 0. The molecule has 13 heavy (non-hydrogen) atoms. The molecule has 6 heteroatoms. The van der Waals surface area contributed by atoms with Crippen LogP contribution in [0.1, 0.15) is 33.6 Å². The molecule has 78 valence electrons. The molecule has 2 N–H and O–H groups in total. The van der Waals surface area contributed by atoms with Crippen molar-refractivity contribution in [1.29, 1.82) is 0 Å². The Morgan fingerprint density at radius 1 is 1.31 bits per heavy atom. The lowest BCUT2D eigenvalue weighted by atomic mass is 10.2. The fourth-order valence-corrected chi connectivity index (χ4v) is 1.71. The zero-order valence-corrected chi connectivity index (χ0v) is 8.94. The van der Waals surface area contributed by atoms with Gasteiger partial charge in [0.1, 0.15) is 0 Å². The lowest BCUT2D eigenvalue weighted by Crippen LogP contribution is -2.41. The molecule has 0 aromatic rings. The maximum absolute atomic E-state index is 11.2. The first kappa shape index (κ1) is 10.9. The Bertz CT molecular complexity index is 264. The molecule has 0 aliphatic heterocycles. The van der Waals surface area contributed by atoms with Crippen LogP contribution in [-0.4, -0.2) is 20.1 Å². The predicted molar refractivity (Wildman–Crippen MR) is 49.1 cm³/mol. The molecule has 0 atom stereocenters. The van der Waals surface area contributed by atoms with E-state index < -0.39 is 15.8 Å². The minimum absolute atomic E-state index is 0.0982. The molecule has 0 aromatic heterocycles. The molecule has 0 heterocycles. The van der Waals surface area contributed by atoms with Gasteiger partial charge in [0, 0.05) is 6.04 Å². The smallest absolute Gasteiger partial charge is 0.280 e. The molecule has 1 saturated carbocycles. The van der Waals surface area contributed by atoms with Crippen LogP contribution < -0.4 is 9.61 Å². The summed E-state index contributed by atoms with van der Waals surface area (Å²) in [6.45, 7) is 5.31. The van der Waals surface area contributed by atoms with E-state index in [0.29, 0.717) is 0 Å². The van der Waals surface area contributed by atoms with E-state index in [2.05, 4.69) is 4.72 Å². The van der Waals surface area contributed by atoms with Crippen molar-refractivity contribution in [1.82, 2.24) is 9.61 Å².